The maximum atomic E-state index is 9.26. The predicted molar refractivity (Wildman–Crippen MR) is 74.9 cm³/mol. The van der Waals surface area contributed by atoms with E-state index in [2.05, 4.69) is 31.6 Å². The SMILES string of the molecule is CC(Nc1c(C#N)cnc2ccccc12)c1ncn[nH]1. The molecule has 98 valence electrons. The number of anilines is 1. The number of para-hydroxylation sites is 1. The van der Waals surface area contributed by atoms with Gasteiger partial charge in [0.15, 0.2) is 0 Å². The highest BCUT2D eigenvalue weighted by Gasteiger charge is 2.13. The monoisotopic (exact) mass is 264 g/mol. The lowest BCUT2D eigenvalue weighted by Crippen LogP contribution is -2.10. The third-order valence-electron chi connectivity index (χ3n) is 3.10. The van der Waals surface area contributed by atoms with Crippen LogP contribution in [0.15, 0.2) is 36.8 Å². The van der Waals surface area contributed by atoms with Gasteiger partial charge in [0.25, 0.3) is 0 Å². The zero-order chi connectivity index (χ0) is 13.9. The fourth-order valence-corrected chi connectivity index (χ4v) is 2.09. The Balaban J connectivity index is 2.07. The minimum Gasteiger partial charge on any atom is -0.374 e. The first-order valence-electron chi connectivity index (χ1n) is 6.19. The average Bonchev–Trinajstić information content (AvgIpc) is 3.02. The van der Waals surface area contributed by atoms with Gasteiger partial charge in [-0.1, -0.05) is 18.2 Å². The summed E-state index contributed by atoms with van der Waals surface area (Å²) in [5.74, 6) is 0.717. The van der Waals surface area contributed by atoms with Crippen molar-refractivity contribution in [2.24, 2.45) is 0 Å². The minimum absolute atomic E-state index is 0.0876. The summed E-state index contributed by atoms with van der Waals surface area (Å²) in [6.45, 7) is 1.96. The molecule has 6 heteroatoms. The van der Waals surface area contributed by atoms with Crippen LogP contribution in [0.1, 0.15) is 24.4 Å². The molecule has 20 heavy (non-hydrogen) atoms. The van der Waals surface area contributed by atoms with E-state index in [-0.39, 0.29) is 6.04 Å². The predicted octanol–water partition coefficient (Wildman–Crippen LogP) is 2.40. The molecule has 2 N–H and O–H groups in total. The number of fused-ring (bicyclic) bond motifs is 1. The minimum atomic E-state index is -0.0876. The number of aromatic amines is 1. The van der Waals surface area contributed by atoms with Crippen LogP contribution in [-0.4, -0.2) is 20.2 Å². The van der Waals surface area contributed by atoms with Crippen molar-refractivity contribution < 1.29 is 0 Å². The molecule has 0 spiro atoms. The molecule has 2 heterocycles. The van der Waals surface area contributed by atoms with Crippen LogP contribution in [0.2, 0.25) is 0 Å². The summed E-state index contributed by atoms with van der Waals surface area (Å²) >= 11 is 0. The molecule has 6 nitrogen and oxygen atoms in total. The third kappa shape index (κ3) is 2.06. The molecular weight excluding hydrogens is 252 g/mol. The molecular formula is C14H12N6. The standard InChI is InChI=1S/C14H12N6/c1-9(14-17-8-18-20-14)19-13-10(6-15)7-16-12-5-3-2-4-11(12)13/h2-5,7-9H,1H3,(H,16,19)(H,17,18,20). The molecule has 0 radical (unpaired) electrons. The lowest BCUT2D eigenvalue weighted by molar-refractivity contribution is 0.796. The molecule has 0 saturated carbocycles. The largest absolute Gasteiger partial charge is 0.374 e. The number of nitrogens with one attached hydrogen (secondary N) is 2. The van der Waals surface area contributed by atoms with Crippen LogP contribution in [-0.2, 0) is 0 Å². The molecule has 3 rings (SSSR count). The Hall–Kier alpha value is -2.94. The van der Waals surface area contributed by atoms with Crippen LogP contribution in [0.4, 0.5) is 5.69 Å². The summed E-state index contributed by atoms with van der Waals surface area (Å²) in [7, 11) is 0. The van der Waals surface area contributed by atoms with Crippen molar-refractivity contribution in [2.45, 2.75) is 13.0 Å². The summed E-state index contributed by atoms with van der Waals surface area (Å²) in [6.07, 6.45) is 3.04. The highest BCUT2D eigenvalue weighted by molar-refractivity contribution is 5.93. The summed E-state index contributed by atoms with van der Waals surface area (Å²) in [4.78, 5) is 8.40. The zero-order valence-corrected chi connectivity index (χ0v) is 10.8. The number of aromatic nitrogens is 4. The second kappa shape index (κ2) is 4.97. The Morgan fingerprint density at radius 3 is 2.90 bits per heavy atom. The molecule has 1 aromatic carbocycles. The van der Waals surface area contributed by atoms with Gasteiger partial charge in [0.1, 0.15) is 18.2 Å². The van der Waals surface area contributed by atoms with Gasteiger partial charge in [0.05, 0.1) is 22.8 Å². The smallest absolute Gasteiger partial charge is 0.146 e. The Morgan fingerprint density at radius 1 is 1.30 bits per heavy atom. The molecule has 0 saturated heterocycles. The van der Waals surface area contributed by atoms with E-state index in [0.29, 0.717) is 5.56 Å². The molecule has 2 aromatic heterocycles. The Kier molecular flexibility index (Phi) is 3.01. The molecule has 0 aliphatic carbocycles. The maximum Gasteiger partial charge on any atom is 0.146 e. The van der Waals surface area contributed by atoms with Crippen molar-refractivity contribution in [1.29, 1.82) is 5.26 Å². The van der Waals surface area contributed by atoms with Gasteiger partial charge in [-0.15, -0.1) is 0 Å². The van der Waals surface area contributed by atoms with Crippen LogP contribution >= 0.6 is 0 Å². The Labute approximate surface area is 115 Å². The van der Waals surface area contributed by atoms with Crippen molar-refractivity contribution in [3.05, 3.63) is 48.2 Å². The quantitative estimate of drug-likeness (QED) is 0.758. The molecule has 0 aliphatic rings. The average molecular weight is 264 g/mol. The number of nitriles is 1. The second-order valence-electron chi connectivity index (χ2n) is 4.41. The lowest BCUT2D eigenvalue weighted by atomic mass is 10.1. The van der Waals surface area contributed by atoms with Crippen molar-refractivity contribution in [3.8, 4) is 6.07 Å². The molecule has 0 aliphatic heterocycles. The van der Waals surface area contributed by atoms with Crippen molar-refractivity contribution in [2.75, 3.05) is 5.32 Å². The van der Waals surface area contributed by atoms with Gasteiger partial charge in [0.2, 0.25) is 0 Å². The summed E-state index contributed by atoms with van der Waals surface area (Å²) in [5, 5.41) is 20.1. The summed E-state index contributed by atoms with van der Waals surface area (Å²) < 4.78 is 0. The number of nitrogens with zero attached hydrogens (tertiary/aromatic N) is 4. The fraction of sp³-hybridized carbons (Fsp3) is 0.143. The van der Waals surface area contributed by atoms with Gasteiger partial charge in [-0.05, 0) is 13.0 Å². The highest BCUT2D eigenvalue weighted by Crippen LogP contribution is 2.28. The number of H-pyrrole nitrogens is 1. The van der Waals surface area contributed by atoms with Crippen LogP contribution in [0.5, 0.6) is 0 Å². The fourth-order valence-electron chi connectivity index (χ4n) is 2.09. The highest BCUT2D eigenvalue weighted by atomic mass is 15.2. The number of hydrogen-bond donors (Lipinski definition) is 2. The van der Waals surface area contributed by atoms with Crippen LogP contribution in [0.3, 0.4) is 0 Å². The second-order valence-corrected chi connectivity index (χ2v) is 4.41. The van der Waals surface area contributed by atoms with Gasteiger partial charge in [-0.25, -0.2) is 4.98 Å². The molecule has 0 amide bonds. The van der Waals surface area contributed by atoms with E-state index in [9.17, 15) is 5.26 Å². The number of pyridine rings is 1. The molecule has 0 bridgehead atoms. The van der Waals surface area contributed by atoms with E-state index in [4.69, 9.17) is 0 Å². The van der Waals surface area contributed by atoms with Crippen molar-refractivity contribution in [3.63, 3.8) is 0 Å². The first kappa shape index (κ1) is 12.1. The molecule has 1 atom stereocenters. The van der Waals surface area contributed by atoms with E-state index in [1.165, 1.54) is 6.33 Å². The van der Waals surface area contributed by atoms with E-state index in [0.717, 1.165) is 22.4 Å². The van der Waals surface area contributed by atoms with Gasteiger partial charge >= 0.3 is 0 Å². The van der Waals surface area contributed by atoms with E-state index < -0.39 is 0 Å². The first-order chi connectivity index (χ1) is 9.79. The van der Waals surface area contributed by atoms with E-state index in [1.54, 1.807) is 6.20 Å². The third-order valence-corrected chi connectivity index (χ3v) is 3.10. The van der Waals surface area contributed by atoms with Gasteiger partial charge in [-0.2, -0.15) is 10.4 Å². The Morgan fingerprint density at radius 2 is 2.15 bits per heavy atom. The Bertz CT molecular complexity index is 772. The van der Waals surface area contributed by atoms with Crippen LogP contribution in [0, 0.1) is 11.3 Å². The van der Waals surface area contributed by atoms with Gasteiger partial charge < -0.3 is 5.32 Å². The topological polar surface area (TPSA) is 90.3 Å². The lowest BCUT2D eigenvalue weighted by Gasteiger charge is -2.15. The molecule has 0 fully saturated rings. The van der Waals surface area contributed by atoms with E-state index >= 15 is 0 Å². The van der Waals surface area contributed by atoms with E-state index in [1.807, 2.05) is 31.2 Å². The first-order valence-corrected chi connectivity index (χ1v) is 6.19. The number of hydrogen-bond acceptors (Lipinski definition) is 5. The number of benzene rings is 1. The van der Waals surface area contributed by atoms with Crippen LogP contribution in [0.25, 0.3) is 10.9 Å². The number of rotatable bonds is 3. The van der Waals surface area contributed by atoms with Gasteiger partial charge in [-0.3, -0.25) is 10.1 Å². The zero-order valence-electron chi connectivity index (χ0n) is 10.8. The molecule has 3 aromatic rings. The summed E-state index contributed by atoms with van der Waals surface area (Å²) in [6, 6.07) is 9.79. The molecule has 1 unspecified atom stereocenters. The maximum absolute atomic E-state index is 9.26. The van der Waals surface area contributed by atoms with Gasteiger partial charge in [0, 0.05) is 11.6 Å². The normalized spacial score (nSPS) is 12.0. The van der Waals surface area contributed by atoms with Crippen LogP contribution < -0.4 is 5.32 Å². The van der Waals surface area contributed by atoms with Crippen molar-refractivity contribution in [1.82, 2.24) is 20.2 Å². The van der Waals surface area contributed by atoms with Crippen molar-refractivity contribution >= 4 is 16.6 Å². The summed E-state index contributed by atoms with van der Waals surface area (Å²) in [5.41, 5.74) is 2.12.